The normalized spacial score (nSPS) is 13.1. The Kier molecular flexibility index (Phi) is 6.68. The van der Waals surface area contributed by atoms with Crippen LogP contribution in [0.2, 0.25) is 0 Å². The summed E-state index contributed by atoms with van der Waals surface area (Å²) in [5.41, 5.74) is 11.8. The molecule has 0 fully saturated rings. The van der Waals surface area contributed by atoms with E-state index in [1.165, 1.54) is 60.4 Å². The smallest absolute Gasteiger partial charge is 0.0136 e. The lowest BCUT2D eigenvalue weighted by atomic mass is 10.1. The van der Waals surface area contributed by atoms with E-state index in [1.54, 1.807) is 32.3 Å². The van der Waals surface area contributed by atoms with Crippen molar-refractivity contribution in [2.45, 2.75) is 55.4 Å². The second-order valence-electron chi connectivity index (χ2n) is 9.32. The van der Waals surface area contributed by atoms with Gasteiger partial charge in [0.15, 0.2) is 0 Å². The highest BCUT2D eigenvalue weighted by molar-refractivity contribution is 7.61. The fourth-order valence-electron chi connectivity index (χ4n) is 4.85. The summed E-state index contributed by atoms with van der Waals surface area (Å²) in [6, 6.07) is 4.90. The number of hydrogen-bond acceptors (Lipinski definition) is 0. The van der Waals surface area contributed by atoms with E-state index in [2.05, 4.69) is 92.4 Å². The third kappa shape index (κ3) is 3.79. The summed E-state index contributed by atoms with van der Waals surface area (Å²) in [5.74, 6) is 4.78. The van der Waals surface area contributed by atoms with Crippen molar-refractivity contribution in [3.8, 4) is 31.8 Å². The molecule has 166 valence electrons. The topological polar surface area (TPSA) is 0 Å². The predicted molar refractivity (Wildman–Crippen MR) is 153 cm³/mol. The van der Waals surface area contributed by atoms with E-state index in [4.69, 9.17) is 0 Å². The molecule has 4 aromatic rings. The van der Waals surface area contributed by atoms with Gasteiger partial charge >= 0.3 is 0 Å². The molecule has 0 N–H and O–H groups in total. The van der Waals surface area contributed by atoms with Gasteiger partial charge < -0.3 is 0 Å². The van der Waals surface area contributed by atoms with Gasteiger partial charge in [-0.1, -0.05) is 16.4 Å². The van der Waals surface area contributed by atoms with Crippen molar-refractivity contribution in [2.75, 3.05) is 0 Å². The van der Waals surface area contributed by atoms with Crippen molar-refractivity contribution in [1.29, 1.82) is 0 Å². The molecule has 2 atom stereocenters. The molecule has 4 rings (SSSR count). The second kappa shape index (κ2) is 8.90. The summed E-state index contributed by atoms with van der Waals surface area (Å²) in [4.78, 5) is 0. The van der Waals surface area contributed by atoms with Crippen LogP contribution >= 0.6 is 31.5 Å². The molecular weight excluding hydrogens is 460 g/mol. The molecule has 4 aromatic heterocycles. The van der Waals surface area contributed by atoms with Crippen LogP contribution in [0.3, 0.4) is 0 Å². The summed E-state index contributed by atoms with van der Waals surface area (Å²) in [6.07, 6.45) is 0. The molecule has 2 unspecified atom stereocenters. The summed E-state index contributed by atoms with van der Waals surface area (Å²) < 4.78 is 0. The molecular formula is C28H34P4. The van der Waals surface area contributed by atoms with Gasteiger partial charge in [-0.05, 0) is 137 Å². The van der Waals surface area contributed by atoms with Gasteiger partial charge in [0.2, 0.25) is 0 Å². The monoisotopic (exact) mass is 494 g/mol. The van der Waals surface area contributed by atoms with Crippen molar-refractivity contribution in [2.24, 2.45) is 13.3 Å². The minimum absolute atomic E-state index is 0.328. The zero-order valence-corrected chi connectivity index (χ0v) is 24.7. The van der Waals surface area contributed by atoms with Crippen molar-refractivity contribution in [3.05, 3.63) is 68.2 Å². The van der Waals surface area contributed by atoms with Gasteiger partial charge in [0, 0.05) is 31.8 Å². The molecule has 0 aromatic carbocycles. The standard InChI is InChI=1S/C28H34P4/c1-15-11-23(29-13-17(15)3)25-19(5)21(7)27(31(25)9)28-22(8)20(6)26(32(28)10)24-12-16(2)18(4)14-30-24/h11-14H,1-10H3. The van der Waals surface area contributed by atoms with Crippen LogP contribution in [-0.2, 0) is 13.3 Å². The van der Waals surface area contributed by atoms with Crippen LogP contribution in [-0.4, -0.2) is 0 Å². The largest absolute Gasteiger partial charge is 0.111 e. The molecule has 0 saturated heterocycles. The van der Waals surface area contributed by atoms with E-state index < -0.39 is 0 Å². The lowest BCUT2D eigenvalue weighted by Gasteiger charge is -2.10. The van der Waals surface area contributed by atoms with E-state index in [9.17, 15) is 0 Å². The minimum Gasteiger partial charge on any atom is -0.111 e. The van der Waals surface area contributed by atoms with Crippen LogP contribution in [0.5, 0.6) is 0 Å². The average Bonchev–Trinajstić information content (AvgIpc) is 3.09. The van der Waals surface area contributed by atoms with Gasteiger partial charge in [-0.2, -0.15) is 0 Å². The Hall–Kier alpha value is -1.14. The van der Waals surface area contributed by atoms with E-state index in [0.29, 0.717) is 0 Å². The molecule has 32 heavy (non-hydrogen) atoms. The molecule has 0 aliphatic heterocycles. The van der Waals surface area contributed by atoms with Gasteiger partial charge in [-0.25, -0.2) is 0 Å². The molecule has 4 heteroatoms. The zero-order valence-electron chi connectivity index (χ0n) is 21.1. The Morgan fingerprint density at radius 2 is 0.781 bits per heavy atom. The molecule has 4 heterocycles. The Morgan fingerprint density at radius 1 is 0.469 bits per heavy atom. The van der Waals surface area contributed by atoms with Crippen LogP contribution < -0.4 is 0 Å². The fraction of sp³-hybridized carbons (Fsp3) is 0.357. The summed E-state index contributed by atoms with van der Waals surface area (Å²) >= 11 is 0. The van der Waals surface area contributed by atoms with E-state index >= 15 is 0 Å². The zero-order chi connectivity index (χ0) is 23.5. The van der Waals surface area contributed by atoms with Gasteiger partial charge in [0.25, 0.3) is 0 Å². The summed E-state index contributed by atoms with van der Waals surface area (Å²) in [5, 5.41) is 9.65. The maximum atomic E-state index is 2.51. The quantitative estimate of drug-likeness (QED) is 0.266. The molecule has 0 aliphatic rings. The summed E-state index contributed by atoms with van der Waals surface area (Å²) in [7, 11) is 2.06. The lowest BCUT2D eigenvalue weighted by Crippen LogP contribution is -1.81. The second-order valence-corrected chi connectivity index (χ2v) is 15.3. The Balaban J connectivity index is 1.97. The highest BCUT2D eigenvalue weighted by Gasteiger charge is 2.25. The third-order valence-corrected chi connectivity index (χ3v) is 15.1. The molecule has 0 saturated carbocycles. The minimum atomic E-state index is -0.328. The fourth-order valence-corrected chi connectivity index (χ4v) is 14.1. The van der Waals surface area contributed by atoms with Gasteiger partial charge in [-0.15, -0.1) is 15.1 Å². The van der Waals surface area contributed by atoms with Crippen molar-refractivity contribution in [3.63, 3.8) is 0 Å². The number of aryl methyl sites for hydroxylation is 4. The number of rotatable bonds is 3. The maximum Gasteiger partial charge on any atom is 0.0136 e. The van der Waals surface area contributed by atoms with Crippen LogP contribution in [0, 0.1) is 55.4 Å². The highest BCUT2D eigenvalue weighted by Crippen LogP contribution is 2.63. The van der Waals surface area contributed by atoms with Gasteiger partial charge in [0.05, 0.1) is 0 Å². The Labute approximate surface area is 199 Å². The van der Waals surface area contributed by atoms with Crippen LogP contribution in [0.1, 0.15) is 44.5 Å². The molecule has 0 radical (unpaired) electrons. The first-order valence-corrected chi connectivity index (χ1v) is 16.7. The van der Waals surface area contributed by atoms with Crippen LogP contribution in [0.15, 0.2) is 23.7 Å². The lowest BCUT2D eigenvalue weighted by molar-refractivity contribution is 1.36. The van der Waals surface area contributed by atoms with Crippen LogP contribution in [0.25, 0.3) is 31.8 Å². The third-order valence-electron chi connectivity index (χ3n) is 7.34. The molecule has 0 aliphatic carbocycles. The number of hydrogen-bond donors (Lipinski definition) is 0. The summed E-state index contributed by atoms with van der Waals surface area (Å²) in [6.45, 7) is 23.5. The van der Waals surface area contributed by atoms with Gasteiger partial charge in [-0.3, -0.25) is 0 Å². The first kappa shape index (κ1) is 24.0. The maximum absolute atomic E-state index is 2.51. The highest BCUT2D eigenvalue weighted by atomic mass is 31.1. The van der Waals surface area contributed by atoms with E-state index in [1.807, 2.05) is 0 Å². The Bertz CT molecular complexity index is 1260. The average molecular weight is 494 g/mol. The Morgan fingerprint density at radius 3 is 1.09 bits per heavy atom. The predicted octanol–water partition coefficient (Wildman–Crippen LogP) is 11.4. The van der Waals surface area contributed by atoms with E-state index in [0.717, 1.165) is 0 Å². The van der Waals surface area contributed by atoms with Crippen molar-refractivity contribution in [1.82, 2.24) is 0 Å². The van der Waals surface area contributed by atoms with E-state index in [-0.39, 0.29) is 15.1 Å². The molecule has 0 nitrogen and oxygen atoms in total. The first-order valence-electron chi connectivity index (χ1n) is 11.2. The first-order chi connectivity index (χ1) is 15.0. The van der Waals surface area contributed by atoms with Crippen molar-refractivity contribution >= 4 is 31.5 Å². The molecule has 0 bridgehead atoms. The molecule has 0 spiro atoms. The SMILES string of the molecule is Cc1cpc(-c2c(C)c(C)c(-c3c(C)c(C)c(-c4cc(C)c(C)cp4)p3C)p2C)cc1C. The van der Waals surface area contributed by atoms with Crippen molar-refractivity contribution < 1.29 is 0 Å². The molecule has 0 amide bonds. The van der Waals surface area contributed by atoms with Gasteiger partial charge in [0.1, 0.15) is 0 Å². The van der Waals surface area contributed by atoms with Crippen LogP contribution in [0.4, 0.5) is 0 Å².